The number of benzene rings is 1. The molecule has 1 aliphatic rings. The van der Waals surface area contributed by atoms with Gasteiger partial charge in [0.2, 0.25) is 0 Å². The Kier molecular flexibility index (Phi) is 11.5. The van der Waals surface area contributed by atoms with Crippen LogP contribution in [0.2, 0.25) is 0 Å². The van der Waals surface area contributed by atoms with E-state index in [4.69, 9.17) is 14.5 Å². The molecule has 6 nitrogen and oxygen atoms in total. The van der Waals surface area contributed by atoms with Crippen molar-refractivity contribution < 1.29 is 9.47 Å². The second kappa shape index (κ2) is 13.8. The lowest BCUT2D eigenvalue weighted by Crippen LogP contribution is -2.44. The van der Waals surface area contributed by atoms with Crippen LogP contribution in [-0.4, -0.2) is 51.3 Å². The fraction of sp³-hybridized carbons (Fsp3) is 0.522. The highest BCUT2D eigenvalue weighted by Gasteiger charge is 2.20. The number of rotatable bonds is 9. The van der Waals surface area contributed by atoms with Crippen LogP contribution in [0, 0.1) is 5.92 Å². The Morgan fingerprint density at radius 1 is 1.19 bits per heavy atom. The van der Waals surface area contributed by atoms with E-state index in [1.54, 1.807) is 14.2 Å². The molecule has 1 aliphatic heterocycles. The molecule has 0 aliphatic carbocycles. The lowest BCUT2D eigenvalue weighted by Gasteiger charge is -2.32. The summed E-state index contributed by atoms with van der Waals surface area (Å²) in [6, 6.07) is 10.3. The average Bonchev–Trinajstić information content (AvgIpc) is 3.28. The van der Waals surface area contributed by atoms with Gasteiger partial charge in [-0.25, -0.2) is 4.99 Å². The summed E-state index contributed by atoms with van der Waals surface area (Å²) in [5, 5.41) is 9.07. The smallest absolute Gasteiger partial charge is 0.191 e. The van der Waals surface area contributed by atoms with E-state index in [0.717, 1.165) is 49.2 Å². The summed E-state index contributed by atoms with van der Waals surface area (Å²) in [5.74, 6) is 2.97. The molecule has 8 heteroatoms. The molecule has 0 amide bonds. The Bertz CT molecular complexity index is 801. The Morgan fingerprint density at radius 3 is 2.74 bits per heavy atom. The van der Waals surface area contributed by atoms with Crippen LogP contribution >= 0.6 is 35.3 Å². The van der Waals surface area contributed by atoms with E-state index in [-0.39, 0.29) is 24.0 Å². The van der Waals surface area contributed by atoms with E-state index < -0.39 is 0 Å². The number of thiophene rings is 1. The molecule has 0 spiro atoms. The SMILES string of the molecule is CCNC(=NCc1ccc(OC)c(OC)c1)NCC1CCCN(Cc2cccs2)C1.I. The van der Waals surface area contributed by atoms with Gasteiger partial charge in [-0.1, -0.05) is 12.1 Å². The second-order valence-corrected chi connectivity index (χ2v) is 8.62. The lowest BCUT2D eigenvalue weighted by atomic mass is 9.98. The van der Waals surface area contributed by atoms with Crippen LogP contribution in [0.1, 0.15) is 30.2 Å². The van der Waals surface area contributed by atoms with Crippen LogP contribution in [0.5, 0.6) is 11.5 Å². The molecule has 1 saturated heterocycles. The zero-order chi connectivity index (χ0) is 21.2. The van der Waals surface area contributed by atoms with Crippen molar-refractivity contribution in [1.82, 2.24) is 15.5 Å². The van der Waals surface area contributed by atoms with Crippen molar-refractivity contribution >= 4 is 41.3 Å². The number of piperidine rings is 1. The molecule has 172 valence electrons. The lowest BCUT2D eigenvalue weighted by molar-refractivity contribution is 0.169. The molecule has 2 heterocycles. The maximum absolute atomic E-state index is 5.40. The predicted octanol–water partition coefficient (Wildman–Crippen LogP) is 4.35. The van der Waals surface area contributed by atoms with Crippen LogP contribution in [0.15, 0.2) is 40.7 Å². The van der Waals surface area contributed by atoms with Gasteiger partial charge >= 0.3 is 0 Å². The largest absolute Gasteiger partial charge is 0.493 e. The summed E-state index contributed by atoms with van der Waals surface area (Å²) in [6.45, 7) is 7.87. The first-order valence-electron chi connectivity index (χ1n) is 10.7. The number of nitrogens with one attached hydrogen (secondary N) is 2. The molecule has 0 saturated carbocycles. The number of hydrogen-bond donors (Lipinski definition) is 2. The first kappa shape index (κ1) is 25.7. The zero-order valence-corrected chi connectivity index (χ0v) is 21.9. The Hall–Kier alpha value is -1.52. The summed E-state index contributed by atoms with van der Waals surface area (Å²) in [6.07, 6.45) is 2.53. The minimum atomic E-state index is 0. The zero-order valence-electron chi connectivity index (χ0n) is 18.7. The van der Waals surface area contributed by atoms with Crippen LogP contribution < -0.4 is 20.1 Å². The number of guanidine groups is 1. The van der Waals surface area contributed by atoms with E-state index in [1.165, 1.54) is 24.3 Å². The van der Waals surface area contributed by atoms with Crippen molar-refractivity contribution in [2.45, 2.75) is 32.9 Å². The van der Waals surface area contributed by atoms with E-state index in [0.29, 0.717) is 12.5 Å². The molecule has 2 N–H and O–H groups in total. The van der Waals surface area contributed by atoms with Crippen molar-refractivity contribution in [2.24, 2.45) is 10.9 Å². The number of hydrogen-bond acceptors (Lipinski definition) is 5. The highest BCUT2D eigenvalue weighted by Crippen LogP contribution is 2.27. The topological polar surface area (TPSA) is 58.1 Å². The van der Waals surface area contributed by atoms with Gasteiger partial charge in [0, 0.05) is 31.1 Å². The van der Waals surface area contributed by atoms with Gasteiger partial charge < -0.3 is 20.1 Å². The standard InChI is InChI=1S/C23H34N4O2S.HI/c1-4-24-23(25-14-18-9-10-21(28-2)22(13-18)29-3)26-15-19-7-5-11-27(16-19)17-20-8-6-12-30-20;/h6,8-10,12-13,19H,4-5,7,11,14-17H2,1-3H3,(H2,24,25,26);1H. The first-order chi connectivity index (χ1) is 14.7. The molecule has 1 unspecified atom stereocenters. The minimum absolute atomic E-state index is 0. The number of aliphatic imine (C=N–C) groups is 1. The summed E-state index contributed by atoms with van der Waals surface area (Å²) in [5.41, 5.74) is 1.09. The van der Waals surface area contributed by atoms with Crippen LogP contribution in [-0.2, 0) is 13.1 Å². The number of likely N-dealkylation sites (tertiary alicyclic amines) is 1. The van der Waals surface area contributed by atoms with E-state index in [1.807, 2.05) is 29.5 Å². The quantitative estimate of drug-likeness (QED) is 0.272. The van der Waals surface area contributed by atoms with Gasteiger partial charge in [-0.05, 0) is 61.4 Å². The third-order valence-electron chi connectivity index (χ3n) is 5.33. The molecule has 31 heavy (non-hydrogen) atoms. The Balaban J connectivity index is 0.00000341. The van der Waals surface area contributed by atoms with Crippen molar-refractivity contribution in [3.8, 4) is 11.5 Å². The fourth-order valence-electron chi connectivity index (χ4n) is 3.82. The predicted molar refractivity (Wildman–Crippen MR) is 140 cm³/mol. The van der Waals surface area contributed by atoms with Crippen molar-refractivity contribution in [1.29, 1.82) is 0 Å². The van der Waals surface area contributed by atoms with Gasteiger partial charge in [-0.2, -0.15) is 0 Å². The Labute approximate surface area is 207 Å². The van der Waals surface area contributed by atoms with Crippen LogP contribution in [0.4, 0.5) is 0 Å². The average molecular weight is 559 g/mol. The van der Waals surface area contributed by atoms with Gasteiger partial charge in [0.05, 0.1) is 20.8 Å². The molecule has 2 aromatic rings. The van der Waals surface area contributed by atoms with Crippen molar-refractivity contribution in [3.63, 3.8) is 0 Å². The summed E-state index contributed by atoms with van der Waals surface area (Å²) < 4.78 is 10.7. The van der Waals surface area contributed by atoms with Gasteiger partial charge in [-0.15, -0.1) is 35.3 Å². The second-order valence-electron chi connectivity index (χ2n) is 7.59. The number of nitrogens with zero attached hydrogens (tertiary/aromatic N) is 2. The highest BCUT2D eigenvalue weighted by molar-refractivity contribution is 14.0. The number of methoxy groups -OCH3 is 2. The molecule has 1 fully saturated rings. The first-order valence-corrected chi connectivity index (χ1v) is 11.6. The molecule has 0 radical (unpaired) electrons. The number of halogens is 1. The molecular formula is C23H35IN4O2S. The molecular weight excluding hydrogens is 523 g/mol. The molecule has 1 aromatic carbocycles. The van der Waals surface area contributed by atoms with Gasteiger partial charge in [0.15, 0.2) is 17.5 Å². The minimum Gasteiger partial charge on any atom is -0.493 e. The van der Waals surface area contributed by atoms with Crippen molar-refractivity contribution in [3.05, 3.63) is 46.2 Å². The van der Waals surface area contributed by atoms with Gasteiger partial charge in [0.1, 0.15) is 0 Å². The number of ether oxygens (including phenoxy) is 2. The monoisotopic (exact) mass is 558 g/mol. The molecule has 0 bridgehead atoms. The van der Waals surface area contributed by atoms with Crippen molar-refractivity contribution in [2.75, 3.05) is 40.4 Å². The molecule has 1 atom stereocenters. The maximum Gasteiger partial charge on any atom is 0.191 e. The summed E-state index contributed by atoms with van der Waals surface area (Å²) >= 11 is 1.85. The molecule has 3 rings (SSSR count). The fourth-order valence-corrected chi connectivity index (χ4v) is 4.56. The Morgan fingerprint density at radius 2 is 2.03 bits per heavy atom. The molecule has 1 aromatic heterocycles. The van der Waals surface area contributed by atoms with Gasteiger partial charge in [0.25, 0.3) is 0 Å². The maximum atomic E-state index is 5.40. The highest BCUT2D eigenvalue weighted by atomic mass is 127. The third-order valence-corrected chi connectivity index (χ3v) is 6.19. The summed E-state index contributed by atoms with van der Waals surface area (Å²) in [7, 11) is 3.30. The third kappa shape index (κ3) is 8.16. The van der Waals surface area contributed by atoms with E-state index >= 15 is 0 Å². The van der Waals surface area contributed by atoms with Crippen LogP contribution in [0.3, 0.4) is 0 Å². The normalized spacial score (nSPS) is 17.0. The van der Waals surface area contributed by atoms with E-state index in [2.05, 4.69) is 40.0 Å². The van der Waals surface area contributed by atoms with Crippen LogP contribution in [0.25, 0.3) is 0 Å². The van der Waals surface area contributed by atoms with E-state index in [9.17, 15) is 0 Å². The van der Waals surface area contributed by atoms with Gasteiger partial charge in [-0.3, -0.25) is 4.90 Å². The summed E-state index contributed by atoms with van der Waals surface area (Å²) in [4.78, 5) is 8.80.